The minimum atomic E-state index is -2.54. The Kier molecular flexibility index (Phi) is 3.18. The van der Waals surface area contributed by atoms with Crippen molar-refractivity contribution in [2.24, 2.45) is 4.99 Å². The molecular formula is C2H3NO3S. The lowest BCUT2D eigenvalue weighted by molar-refractivity contribution is 0.563. The van der Waals surface area contributed by atoms with E-state index in [1.165, 1.54) is 0 Å². The minimum absolute atomic E-state index is 0.446. The molecule has 0 saturated carbocycles. The summed E-state index contributed by atoms with van der Waals surface area (Å²) in [6.45, 7) is 0. The van der Waals surface area contributed by atoms with Crippen molar-refractivity contribution >= 4 is 16.8 Å². The number of hydrogen-bond acceptors (Lipinski definition) is 4. The maximum Gasteiger partial charge on any atom is 0.235 e. The normalized spacial score (nSPS) is 8.14. The third kappa shape index (κ3) is 5.33. The summed E-state index contributed by atoms with van der Waals surface area (Å²) in [6, 6.07) is 0. The summed E-state index contributed by atoms with van der Waals surface area (Å²) in [5, 5.41) is 0. The Labute approximate surface area is 41.8 Å². The fraction of sp³-hybridized carbons (Fsp3) is 0.500. The van der Waals surface area contributed by atoms with Crippen LogP contribution in [0.2, 0.25) is 0 Å². The van der Waals surface area contributed by atoms with E-state index in [2.05, 4.69) is 4.99 Å². The average molecular weight is 121 g/mol. The fourth-order valence-corrected chi connectivity index (χ4v) is 0.260. The lowest BCUT2D eigenvalue weighted by Gasteiger charge is -1.64. The SMILES string of the molecule is O=C=NC[SH](=O)=O. The molecule has 0 atom stereocenters. The van der Waals surface area contributed by atoms with Gasteiger partial charge in [-0.25, -0.2) is 13.2 Å². The Balaban J connectivity index is 3.54. The van der Waals surface area contributed by atoms with E-state index in [4.69, 9.17) is 4.79 Å². The molecular weight excluding hydrogens is 118 g/mol. The summed E-state index contributed by atoms with van der Waals surface area (Å²) in [5.74, 6) is -0.446. The van der Waals surface area contributed by atoms with E-state index in [1.54, 1.807) is 0 Å². The van der Waals surface area contributed by atoms with Crippen LogP contribution in [0.1, 0.15) is 0 Å². The molecule has 7 heavy (non-hydrogen) atoms. The third-order valence-electron chi connectivity index (χ3n) is 0.251. The largest absolute Gasteiger partial charge is 0.235 e. The van der Waals surface area contributed by atoms with Gasteiger partial charge in [0, 0.05) is 0 Å². The van der Waals surface area contributed by atoms with Gasteiger partial charge >= 0.3 is 0 Å². The Morgan fingerprint density at radius 1 is 1.57 bits per heavy atom. The van der Waals surface area contributed by atoms with Crippen LogP contribution < -0.4 is 0 Å². The van der Waals surface area contributed by atoms with Crippen LogP contribution in [0.5, 0.6) is 0 Å². The highest BCUT2D eigenvalue weighted by atomic mass is 32.2. The lowest BCUT2D eigenvalue weighted by Crippen LogP contribution is -1.78. The second kappa shape index (κ2) is 3.52. The zero-order chi connectivity index (χ0) is 5.70. The van der Waals surface area contributed by atoms with Gasteiger partial charge in [-0.1, -0.05) is 0 Å². The Morgan fingerprint density at radius 2 is 2.14 bits per heavy atom. The summed E-state index contributed by atoms with van der Waals surface area (Å²) < 4.78 is 19.0. The maximum atomic E-state index is 9.52. The smallest absolute Gasteiger partial charge is 0.230 e. The van der Waals surface area contributed by atoms with Crippen molar-refractivity contribution in [1.29, 1.82) is 0 Å². The lowest BCUT2D eigenvalue weighted by atomic mass is 11.4. The molecule has 0 fully saturated rings. The van der Waals surface area contributed by atoms with Crippen molar-refractivity contribution in [3.05, 3.63) is 0 Å². The Bertz CT molecular complexity index is 146. The first-order valence-electron chi connectivity index (χ1n) is 1.43. The molecule has 0 aromatic carbocycles. The van der Waals surface area contributed by atoms with Crippen LogP contribution in [0.4, 0.5) is 0 Å². The molecule has 0 radical (unpaired) electrons. The van der Waals surface area contributed by atoms with Crippen LogP contribution in [-0.4, -0.2) is 20.4 Å². The van der Waals surface area contributed by atoms with E-state index in [9.17, 15) is 8.42 Å². The van der Waals surface area contributed by atoms with Gasteiger partial charge in [-0.2, -0.15) is 4.99 Å². The van der Waals surface area contributed by atoms with E-state index in [0.29, 0.717) is 0 Å². The van der Waals surface area contributed by atoms with Crippen molar-refractivity contribution in [3.8, 4) is 0 Å². The van der Waals surface area contributed by atoms with Gasteiger partial charge in [0.25, 0.3) is 0 Å². The van der Waals surface area contributed by atoms with Gasteiger partial charge in [-0.05, 0) is 0 Å². The van der Waals surface area contributed by atoms with Crippen LogP contribution in [0.25, 0.3) is 0 Å². The second-order valence-electron chi connectivity index (χ2n) is 0.724. The van der Waals surface area contributed by atoms with Crippen molar-refractivity contribution in [2.75, 3.05) is 5.88 Å². The number of rotatable bonds is 2. The predicted octanol–water partition coefficient (Wildman–Crippen LogP) is -1.11. The van der Waals surface area contributed by atoms with Gasteiger partial charge in [0.1, 0.15) is 0 Å². The van der Waals surface area contributed by atoms with Gasteiger partial charge in [-0.3, -0.25) is 0 Å². The summed E-state index contributed by atoms with van der Waals surface area (Å²) >= 11 is 0. The molecule has 0 bridgehead atoms. The molecule has 0 saturated heterocycles. The molecule has 0 N–H and O–H groups in total. The molecule has 0 aliphatic heterocycles. The second-order valence-corrected chi connectivity index (χ2v) is 1.67. The van der Waals surface area contributed by atoms with E-state index in [0.717, 1.165) is 6.08 Å². The van der Waals surface area contributed by atoms with Crippen molar-refractivity contribution in [2.45, 2.75) is 0 Å². The molecule has 4 nitrogen and oxygen atoms in total. The van der Waals surface area contributed by atoms with E-state index in [-0.39, 0.29) is 0 Å². The summed E-state index contributed by atoms with van der Waals surface area (Å²) in [4.78, 5) is 11.9. The summed E-state index contributed by atoms with van der Waals surface area (Å²) in [5.41, 5.74) is 0. The first-order valence-corrected chi connectivity index (χ1v) is 2.79. The van der Waals surface area contributed by atoms with E-state index >= 15 is 0 Å². The molecule has 0 spiro atoms. The van der Waals surface area contributed by atoms with Gasteiger partial charge in [0.05, 0.1) is 0 Å². The molecule has 0 rings (SSSR count). The van der Waals surface area contributed by atoms with Crippen molar-refractivity contribution < 1.29 is 13.2 Å². The minimum Gasteiger partial charge on any atom is -0.230 e. The van der Waals surface area contributed by atoms with Crippen molar-refractivity contribution in [3.63, 3.8) is 0 Å². The average Bonchev–Trinajstić information content (AvgIpc) is 1.61. The molecule has 0 aliphatic rings. The highest BCUT2D eigenvalue weighted by molar-refractivity contribution is 7.72. The number of nitrogens with zero attached hydrogens (tertiary/aromatic N) is 1. The quantitative estimate of drug-likeness (QED) is 0.286. The van der Waals surface area contributed by atoms with E-state index in [1.807, 2.05) is 0 Å². The number of isocyanates is 1. The number of hydrogen-bond donors (Lipinski definition) is 1. The molecule has 0 aliphatic carbocycles. The Morgan fingerprint density at radius 3 is 2.29 bits per heavy atom. The van der Waals surface area contributed by atoms with Gasteiger partial charge in [0.2, 0.25) is 6.08 Å². The van der Waals surface area contributed by atoms with Crippen molar-refractivity contribution in [1.82, 2.24) is 0 Å². The van der Waals surface area contributed by atoms with Gasteiger partial charge in [-0.15, -0.1) is 0 Å². The predicted molar refractivity (Wildman–Crippen MR) is 23.3 cm³/mol. The first kappa shape index (κ1) is 6.33. The fourth-order valence-electron chi connectivity index (χ4n) is 0.0866. The highest BCUT2D eigenvalue weighted by Crippen LogP contribution is 1.61. The van der Waals surface area contributed by atoms with E-state index < -0.39 is 16.6 Å². The summed E-state index contributed by atoms with van der Waals surface area (Å²) in [6.07, 6.45) is 1.09. The van der Waals surface area contributed by atoms with Crippen LogP contribution in [0.3, 0.4) is 0 Å². The van der Waals surface area contributed by atoms with Gasteiger partial charge in [0.15, 0.2) is 16.6 Å². The number of aliphatic imine (C=N–C) groups is 1. The molecule has 40 valence electrons. The molecule has 0 unspecified atom stereocenters. The topological polar surface area (TPSA) is 63.6 Å². The van der Waals surface area contributed by atoms with Crippen LogP contribution >= 0.6 is 0 Å². The number of carbonyl (C=O) groups excluding carboxylic acids is 1. The molecule has 5 heteroatoms. The standard InChI is InChI=1S/C2H3NO3S/c4-1-3-2-7(5)6/h7H,2H2. The zero-order valence-electron chi connectivity index (χ0n) is 3.33. The van der Waals surface area contributed by atoms with Crippen LogP contribution in [0.15, 0.2) is 4.99 Å². The Hall–Kier alpha value is -0.670. The monoisotopic (exact) mass is 121 g/mol. The van der Waals surface area contributed by atoms with Crippen LogP contribution in [-0.2, 0) is 15.5 Å². The molecule has 0 aromatic heterocycles. The third-order valence-corrected chi connectivity index (χ3v) is 0.623. The maximum absolute atomic E-state index is 9.52. The molecule has 0 heterocycles. The molecule has 0 amide bonds. The first-order chi connectivity index (χ1) is 3.27. The summed E-state index contributed by atoms with van der Waals surface area (Å²) in [7, 11) is -2.54. The number of thiol groups is 1. The zero-order valence-corrected chi connectivity index (χ0v) is 4.22. The van der Waals surface area contributed by atoms with Crippen LogP contribution in [0, 0.1) is 0 Å². The highest BCUT2D eigenvalue weighted by Gasteiger charge is 1.74. The molecule has 0 aromatic rings. The van der Waals surface area contributed by atoms with Gasteiger partial charge < -0.3 is 0 Å².